The topological polar surface area (TPSA) is 55.1 Å². The molecular weight excluding hydrogens is 280 g/mol. The molecular formula is C14H19ClN2OS. The number of nitrogens with one attached hydrogen (secondary N) is 1. The molecule has 1 aliphatic carbocycles. The highest BCUT2D eigenvalue weighted by atomic mass is 35.5. The molecule has 5 heteroatoms. The molecule has 0 aliphatic heterocycles. The predicted molar refractivity (Wildman–Crippen MR) is 82.9 cm³/mol. The maximum atomic E-state index is 12.2. The van der Waals surface area contributed by atoms with E-state index in [1.165, 1.54) is 0 Å². The minimum absolute atomic E-state index is 0.120. The zero-order valence-corrected chi connectivity index (χ0v) is 12.6. The van der Waals surface area contributed by atoms with Crippen LogP contribution in [0, 0.1) is 0 Å². The van der Waals surface area contributed by atoms with Gasteiger partial charge < -0.3 is 11.1 Å². The summed E-state index contributed by atoms with van der Waals surface area (Å²) in [5.74, 6) is -0.120. The van der Waals surface area contributed by atoms with E-state index >= 15 is 0 Å². The number of benzene rings is 1. The second-order valence-corrected chi connectivity index (χ2v) is 6.41. The first-order valence-corrected chi connectivity index (χ1v) is 8.16. The number of amides is 1. The molecule has 0 aromatic heterocycles. The van der Waals surface area contributed by atoms with Crippen molar-refractivity contribution in [3.63, 3.8) is 0 Å². The van der Waals surface area contributed by atoms with Gasteiger partial charge >= 0.3 is 0 Å². The Morgan fingerprint density at radius 1 is 1.37 bits per heavy atom. The van der Waals surface area contributed by atoms with Crippen molar-refractivity contribution in [2.24, 2.45) is 0 Å². The Morgan fingerprint density at radius 2 is 2.05 bits per heavy atom. The Balaban J connectivity index is 1.96. The molecule has 3 nitrogen and oxygen atoms in total. The Kier molecular flexibility index (Phi) is 4.99. The van der Waals surface area contributed by atoms with Gasteiger partial charge in [0.2, 0.25) is 0 Å². The Bertz CT molecular complexity index is 459. The molecule has 0 unspecified atom stereocenters. The average Bonchev–Trinajstić information content (AvgIpc) is 2.42. The lowest BCUT2D eigenvalue weighted by molar-refractivity contribution is 0.0928. The third kappa shape index (κ3) is 3.57. The quantitative estimate of drug-likeness (QED) is 0.842. The number of hydrogen-bond acceptors (Lipinski definition) is 3. The van der Waals surface area contributed by atoms with E-state index in [9.17, 15) is 4.79 Å². The zero-order chi connectivity index (χ0) is 13.8. The SMILES string of the molecule is CSC1CCC(NC(=O)c2cccc(N)c2Cl)CC1. The van der Waals surface area contributed by atoms with Gasteiger partial charge in [0.25, 0.3) is 5.91 Å². The molecule has 0 bridgehead atoms. The summed E-state index contributed by atoms with van der Waals surface area (Å²) < 4.78 is 0. The number of carbonyl (C=O) groups excluding carboxylic acids is 1. The van der Waals surface area contributed by atoms with Gasteiger partial charge in [0, 0.05) is 11.3 Å². The molecule has 1 aromatic rings. The second kappa shape index (κ2) is 6.53. The van der Waals surface area contributed by atoms with Gasteiger partial charge in [-0.25, -0.2) is 0 Å². The summed E-state index contributed by atoms with van der Waals surface area (Å²) >= 11 is 7.98. The number of hydrogen-bond donors (Lipinski definition) is 2. The summed E-state index contributed by atoms with van der Waals surface area (Å²) in [5.41, 5.74) is 6.62. The molecule has 2 rings (SSSR count). The van der Waals surface area contributed by atoms with E-state index in [0.717, 1.165) is 30.9 Å². The van der Waals surface area contributed by atoms with Crippen molar-refractivity contribution in [1.29, 1.82) is 0 Å². The van der Waals surface area contributed by atoms with E-state index < -0.39 is 0 Å². The van der Waals surface area contributed by atoms with Gasteiger partial charge in [-0.05, 0) is 44.1 Å². The van der Waals surface area contributed by atoms with Crippen molar-refractivity contribution in [1.82, 2.24) is 5.32 Å². The number of thioether (sulfide) groups is 1. The van der Waals surface area contributed by atoms with Crippen LogP contribution in [0.2, 0.25) is 5.02 Å². The molecule has 19 heavy (non-hydrogen) atoms. The highest BCUT2D eigenvalue weighted by Crippen LogP contribution is 2.28. The fourth-order valence-corrected chi connectivity index (χ4v) is 3.39. The highest BCUT2D eigenvalue weighted by molar-refractivity contribution is 7.99. The molecule has 1 saturated carbocycles. The fraction of sp³-hybridized carbons (Fsp3) is 0.500. The average molecular weight is 299 g/mol. The zero-order valence-electron chi connectivity index (χ0n) is 11.0. The first kappa shape index (κ1) is 14.5. The first-order chi connectivity index (χ1) is 9.11. The van der Waals surface area contributed by atoms with Crippen LogP contribution in [0.3, 0.4) is 0 Å². The van der Waals surface area contributed by atoms with Gasteiger partial charge in [0.05, 0.1) is 16.3 Å². The number of rotatable bonds is 3. The van der Waals surface area contributed by atoms with Crippen LogP contribution in [0.4, 0.5) is 5.69 Å². The van der Waals surface area contributed by atoms with E-state index in [1.807, 2.05) is 11.8 Å². The van der Waals surface area contributed by atoms with Crippen LogP contribution in [0.5, 0.6) is 0 Å². The van der Waals surface area contributed by atoms with Crippen LogP contribution in [0.1, 0.15) is 36.0 Å². The van der Waals surface area contributed by atoms with E-state index in [4.69, 9.17) is 17.3 Å². The molecule has 104 valence electrons. The number of nitrogens with two attached hydrogens (primary N) is 1. The summed E-state index contributed by atoms with van der Waals surface area (Å²) in [7, 11) is 0. The van der Waals surface area contributed by atoms with Gasteiger partial charge in [0.1, 0.15) is 0 Å². The third-order valence-corrected chi connectivity index (χ3v) is 5.18. The normalized spacial score (nSPS) is 23.1. The van der Waals surface area contributed by atoms with Crippen LogP contribution in [-0.2, 0) is 0 Å². The van der Waals surface area contributed by atoms with Crippen molar-refractivity contribution in [3.8, 4) is 0 Å². The maximum Gasteiger partial charge on any atom is 0.253 e. The van der Waals surface area contributed by atoms with E-state index in [-0.39, 0.29) is 11.9 Å². The van der Waals surface area contributed by atoms with Crippen LogP contribution in [0.25, 0.3) is 0 Å². The summed E-state index contributed by atoms with van der Waals surface area (Å²) in [5, 5.41) is 4.14. The molecule has 3 N–H and O–H groups in total. The summed E-state index contributed by atoms with van der Waals surface area (Å²) in [6.45, 7) is 0. The summed E-state index contributed by atoms with van der Waals surface area (Å²) in [6, 6.07) is 5.42. The van der Waals surface area contributed by atoms with Gasteiger partial charge in [-0.1, -0.05) is 17.7 Å². The van der Waals surface area contributed by atoms with Gasteiger partial charge in [0.15, 0.2) is 0 Å². The van der Waals surface area contributed by atoms with Crippen LogP contribution in [0.15, 0.2) is 18.2 Å². The largest absolute Gasteiger partial charge is 0.398 e. The minimum Gasteiger partial charge on any atom is -0.398 e. The van der Waals surface area contributed by atoms with E-state index in [2.05, 4.69) is 11.6 Å². The van der Waals surface area contributed by atoms with Crippen LogP contribution in [-0.4, -0.2) is 23.5 Å². The molecule has 0 spiro atoms. The molecule has 0 heterocycles. The molecule has 1 fully saturated rings. The Hall–Kier alpha value is -0.870. The van der Waals surface area contributed by atoms with E-state index in [1.54, 1.807) is 18.2 Å². The van der Waals surface area contributed by atoms with Crippen molar-refractivity contribution in [2.45, 2.75) is 37.0 Å². The van der Waals surface area contributed by atoms with Crippen molar-refractivity contribution in [3.05, 3.63) is 28.8 Å². The minimum atomic E-state index is -0.120. The molecule has 0 radical (unpaired) electrons. The smallest absolute Gasteiger partial charge is 0.253 e. The molecule has 1 amide bonds. The molecule has 1 aromatic carbocycles. The lowest BCUT2D eigenvalue weighted by atomic mass is 9.94. The van der Waals surface area contributed by atoms with Crippen molar-refractivity contribution >= 4 is 35.0 Å². The number of halogens is 1. The second-order valence-electron chi connectivity index (χ2n) is 4.89. The van der Waals surface area contributed by atoms with E-state index in [0.29, 0.717) is 16.3 Å². The van der Waals surface area contributed by atoms with Crippen molar-refractivity contribution < 1.29 is 4.79 Å². The van der Waals surface area contributed by atoms with Crippen molar-refractivity contribution in [2.75, 3.05) is 12.0 Å². The Labute approximate surface area is 123 Å². The first-order valence-electron chi connectivity index (χ1n) is 6.49. The molecule has 0 atom stereocenters. The summed E-state index contributed by atoms with van der Waals surface area (Å²) in [6.07, 6.45) is 6.55. The number of anilines is 1. The van der Waals surface area contributed by atoms with Gasteiger partial charge in [-0.2, -0.15) is 11.8 Å². The summed E-state index contributed by atoms with van der Waals surface area (Å²) in [4.78, 5) is 12.2. The molecule has 0 saturated heterocycles. The standard InChI is InChI=1S/C14H19ClN2OS/c1-19-10-7-5-9(6-8-10)17-14(18)11-3-2-4-12(16)13(11)15/h2-4,9-10H,5-8,16H2,1H3,(H,17,18). The van der Waals surface area contributed by atoms with Crippen LogP contribution < -0.4 is 11.1 Å². The Morgan fingerprint density at radius 3 is 2.68 bits per heavy atom. The third-order valence-electron chi connectivity index (χ3n) is 3.62. The predicted octanol–water partition coefficient (Wildman–Crippen LogP) is 3.33. The number of carbonyl (C=O) groups is 1. The fourth-order valence-electron chi connectivity index (χ4n) is 2.43. The van der Waals surface area contributed by atoms with Gasteiger partial charge in [-0.3, -0.25) is 4.79 Å². The highest BCUT2D eigenvalue weighted by Gasteiger charge is 2.23. The lowest BCUT2D eigenvalue weighted by Crippen LogP contribution is -2.38. The lowest BCUT2D eigenvalue weighted by Gasteiger charge is -2.28. The van der Waals surface area contributed by atoms with Crippen LogP contribution >= 0.6 is 23.4 Å². The monoisotopic (exact) mass is 298 g/mol. The van der Waals surface area contributed by atoms with Gasteiger partial charge in [-0.15, -0.1) is 0 Å². The molecule has 1 aliphatic rings. The number of nitrogen functional groups attached to an aromatic ring is 1. The maximum absolute atomic E-state index is 12.2.